The molecule has 2 amide bonds. The SMILES string of the molecule is O=C1NC(=O)/C(=C/c2c(F)c(F)c(F)c(F)c2F)S1. The van der Waals surface area contributed by atoms with E-state index in [0.29, 0.717) is 17.8 Å². The normalized spacial score (nSPS) is 17.2. The van der Waals surface area contributed by atoms with E-state index < -0.39 is 50.7 Å². The number of imide groups is 1. The van der Waals surface area contributed by atoms with Crippen LogP contribution in [-0.2, 0) is 4.79 Å². The van der Waals surface area contributed by atoms with E-state index in [2.05, 4.69) is 0 Å². The summed E-state index contributed by atoms with van der Waals surface area (Å²) >= 11 is 0.291. The third-order valence-corrected chi connectivity index (χ3v) is 2.97. The van der Waals surface area contributed by atoms with Crippen molar-refractivity contribution in [3.8, 4) is 0 Å². The first-order chi connectivity index (χ1) is 8.82. The number of benzene rings is 1. The predicted molar refractivity (Wildman–Crippen MR) is 55.3 cm³/mol. The van der Waals surface area contributed by atoms with E-state index in [1.54, 1.807) is 5.32 Å². The molecule has 0 radical (unpaired) electrons. The van der Waals surface area contributed by atoms with E-state index in [-0.39, 0.29) is 0 Å². The lowest BCUT2D eigenvalue weighted by atomic mass is 10.1. The second-order valence-electron chi connectivity index (χ2n) is 3.34. The molecule has 3 nitrogen and oxygen atoms in total. The summed E-state index contributed by atoms with van der Waals surface area (Å²) in [5, 5.41) is 0.972. The zero-order chi connectivity index (χ0) is 14.3. The zero-order valence-corrected chi connectivity index (χ0v) is 9.51. The van der Waals surface area contributed by atoms with Crippen LogP contribution in [0.2, 0.25) is 0 Å². The predicted octanol–water partition coefficient (Wildman–Crippen LogP) is 2.71. The average Bonchev–Trinajstić information content (AvgIpc) is 2.68. The number of halogens is 5. The van der Waals surface area contributed by atoms with Gasteiger partial charge in [0.15, 0.2) is 23.3 Å². The van der Waals surface area contributed by atoms with Crippen LogP contribution in [0, 0.1) is 29.1 Å². The second kappa shape index (κ2) is 4.65. The smallest absolute Gasteiger partial charge is 0.282 e. The monoisotopic (exact) mass is 295 g/mol. The number of amides is 2. The van der Waals surface area contributed by atoms with Crippen LogP contribution < -0.4 is 5.32 Å². The number of hydrogen-bond acceptors (Lipinski definition) is 3. The standard InChI is InChI=1S/C10H2F5NO2S/c11-4-2(1-3-9(17)16-10(18)19-3)5(12)7(14)8(15)6(4)13/h1H,(H,16,17,18)/b3-1-. The van der Waals surface area contributed by atoms with Gasteiger partial charge >= 0.3 is 0 Å². The molecule has 1 aliphatic rings. The minimum absolute atomic E-state index is 0.291. The highest BCUT2D eigenvalue weighted by atomic mass is 32.2. The minimum Gasteiger partial charge on any atom is -0.282 e. The van der Waals surface area contributed by atoms with Gasteiger partial charge in [0.2, 0.25) is 5.82 Å². The highest BCUT2D eigenvalue weighted by Gasteiger charge is 2.29. The van der Waals surface area contributed by atoms with Gasteiger partial charge in [-0.15, -0.1) is 0 Å². The Labute approximate surface area is 106 Å². The molecule has 0 aliphatic carbocycles. The van der Waals surface area contributed by atoms with Gasteiger partial charge in [-0.25, -0.2) is 22.0 Å². The number of thioether (sulfide) groups is 1. The summed E-state index contributed by atoms with van der Waals surface area (Å²) in [7, 11) is 0. The van der Waals surface area contributed by atoms with Crippen molar-refractivity contribution in [2.45, 2.75) is 0 Å². The van der Waals surface area contributed by atoms with Gasteiger partial charge in [-0.3, -0.25) is 14.9 Å². The van der Waals surface area contributed by atoms with Gasteiger partial charge in [0.1, 0.15) is 0 Å². The van der Waals surface area contributed by atoms with Crippen molar-refractivity contribution in [2.24, 2.45) is 0 Å². The maximum Gasteiger partial charge on any atom is 0.290 e. The first kappa shape index (κ1) is 13.5. The van der Waals surface area contributed by atoms with E-state index in [0.717, 1.165) is 0 Å². The molecule has 1 fully saturated rings. The largest absolute Gasteiger partial charge is 0.290 e. The summed E-state index contributed by atoms with van der Waals surface area (Å²) in [5.41, 5.74) is -1.27. The van der Waals surface area contributed by atoms with Crippen LogP contribution >= 0.6 is 11.8 Å². The first-order valence-corrected chi connectivity index (χ1v) is 5.41. The molecular formula is C10H2F5NO2S. The molecule has 1 saturated heterocycles. The van der Waals surface area contributed by atoms with Crippen molar-refractivity contribution in [2.75, 3.05) is 0 Å². The van der Waals surface area contributed by atoms with Crippen LogP contribution in [-0.4, -0.2) is 11.1 Å². The molecule has 19 heavy (non-hydrogen) atoms. The van der Waals surface area contributed by atoms with Crippen LogP contribution in [0.4, 0.5) is 26.7 Å². The van der Waals surface area contributed by atoms with Gasteiger partial charge in [0, 0.05) is 0 Å². The molecule has 100 valence electrons. The van der Waals surface area contributed by atoms with Crippen LogP contribution in [0.1, 0.15) is 5.56 Å². The molecule has 1 heterocycles. The molecule has 2 rings (SSSR count). The molecule has 1 N–H and O–H groups in total. The fraction of sp³-hybridized carbons (Fsp3) is 0. The molecule has 1 aromatic carbocycles. The molecule has 0 spiro atoms. The van der Waals surface area contributed by atoms with Crippen LogP contribution in [0.25, 0.3) is 6.08 Å². The third kappa shape index (κ3) is 2.21. The molecule has 0 aromatic heterocycles. The second-order valence-corrected chi connectivity index (χ2v) is 4.35. The van der Waals surface area contributed by atoms with Crippen molar-refractivity contribution >= 4 is 29.0 Å². The van der Waals surface area contributed by atoms with Gasteiger partial charge in [-0.1, -0.05) is 0 Å². The Morgan fingerprint density at radius 3 is 1.74 bits per heavy atom. The van der Waals surface area contributed by atoms with E-state index in [4.69, 9.17) is 0 Å². The molecule has 1 aromatic rings. The summed E-state index contributed by atoms with van der Waals surface area (Å²) in [6.07, 6.45) is 0.432. The fourth-order valence-corrected chi connectivity index (χ4v) is 1.96. The molecule has 9 heteroatoms. The zero-order valence-electron chi connectivity index (χ0n) is 8.69. The van der Waals surface area contributed by atoms with Gasteiger partial charge < -0.3 is 0 Å². The van der Waals surface area contributed by atoms with Crippen molar-refractivity contribution in [1.82, 2.24) is 5.32 Å². The summed E-state index contributed by atoms with van der Waals surface area (Å²) in [5.74, 6) is -11.7. The lowest BCUT2D eigenvalue weighted by Crippen LogP contribution is -2.18. The number of carbonyl (C=O) groups excluding carboxylic acids is 2. The van der Waals surface area contributed by atoms with E-state index in [9.17, 15) is 31.5 Å². The molecule has 0 atom stereocenters. The van der Waals surface area contributed by atoms with Crippen molar-refractivity contribution in [1.29, 1.82) is 0 Å². The maximum absolute atomic E-state index is 13.3. The van der Waals surface area contributed by atoms with Crippen molar-refractivity contribution in [3.63, 3.8) is 0 Å². The lowest BCUT2D eigenvalue weighted by Gasteiger charge is -2.04. The van der Waals surface area contributed by atoms with Gasteiger partial charge in [-0.05, 0) is 17.8 Å². The Kier molecular flexibility index (Phi) is 3.31. The highest BCUT2D eigenvalue weighted by Crippen LogP contribution is 2.30. The summed E-state index contributed by atoms with van der Waals surface area (Å²) in [6.45, 7) is 0. The summed E-state index contributed by atoms with van der Waals surface area (Å²) < 4.78 is 65.1. The molecule has 0 unspecified atom stereocenters. The molecule has 1 aliphatic heterocycles. The van der Waals surface area contributed by atoms with E-state index >= 15 is 0 Å². The number of hydrogen-bond donors (Lipinski definition) is 1. The van der Waals surface area contributed by atoms with Crippen LogP contribution in [0.5, 0.6) is 0 Å². The molecule has 0 bridgehead atoms. The summed E-state index contributed by atoms with van der Waals surface area (Å²) in [4.78, 5) is 21.5. The first-order valence-electron chi connectivity index (χ1n) is 4.59. The highest BCUT2D eigenvalue weighted by molar-refractivity contribution is 8.18. The van der Waals surface area contributed by atoms with Crippen molar-refractivity contribution in [3.05, 3.63) is 39.6 Å². The Bertz CT molecular complexity index is 614. The Balaban J connectivity index is 2.62. The fourth-order valence-electron chi connectivity index (χ4n) is 1.30. The number of carbonyl (C=O) groups is 2. The Morgan fingerprint density at radius 2 is 1.32 bits per heavy atom. The van der Waals surface area contributed by atoms with Crippen LogP contribution in [0.15, 0.2) is 4.91 Å². The van der Waals surface area contributed by atoms with E-state index in [1.807, 2.05) is 0 Å². The van der Waals surface area contributed by atoms with Crippen LogP contribution in [0.3, 0.4) is 0 Å². The van der Waals surface area contributed by atoms with Gasteiger partial charge in [0.25, 0.3) is 11.1 Å². The number of nitrogens with one attached hydrogen (secondary N) is 1. The lowest BCUT2D eigenvalue weighted by molar-refractivity contribution is -0.115. The third-order valence-electron chi connectivity index (χ3n) is 2.16. The molecule has 0 saturated carbocycles. The number of rotatable bonds is 1. The van der Waals surface area contributed by atoms with Gasteiger partial charge in [-0.2, -0.15) is 0 Å². The Hall–Kier alpha value is -1.90. The molecular weight excluding hydrogens is 293 g/mol. The maximum atomic E-state index is 13.3. The topological polar surface area (TPSA) is 46.2 Å². The quantitative estimate of drug-likeness (QED) is 0.375. The van der Waals surface area contributed by atoms with E-state index in [1.165, 1.54) is 0 Å². The van der Waals surface area contributed by atoms with Gasteiger partial charge in [0.05, 0.1) is 10.5 Å². The minimum atomic E-state index is -2.29. The average molecular weight is 295 g/mol. The Morgan fingerprint density at radius 1 is 0.842 bits per heavy atom. The van der Waals surface area contributed by atoms with Crippen molar-refractivity contribution < 1.29 is 31.5 Å². The summed E-state index contributed by atoms with van der Waals surface area (Å²) in [6, 6.07) is 0.